The van der Waals surface area contributed by atoms with Crippen LogP contribution in [0.5, 0.6) is 5.88 Å². The predicted molar refractivity (Wildman–Crippen MR) is 140 cm³/mol. The van der Waals surface area contributed by atoms with Gasteiger partial charge in [-0.15, -0.1) is 0 Å². The van der Waals surface area contributed by atoms with Gasteiger partial charge in [-0.25, -0.2) is 4.98 Å². The third-order valence-electron chi connectivity index (χ3n) is 7.26. The summed E-state index contributed by atoms with van der Waals surface area (Å²) in [4.78, 5) is 20.0. The van der Waals surface area contributed by atoms with Gasteiger partial charge in [-0.2, -0.15) is 0 Å². The molecule has 184 valence electrons. The van der Waals surface area contributed by atoms with Crippen LogP contribution in [0.4, 0.5) is 0 Å². The van der Waals surface area contributed by atoms with Gasteiger partial charge >= 0.3 is 0 Å². The van der Waals surface area contributed by atoms with E-state index in [1.54, 1.807) is 18.3 Å². The van der Waals surface area contributed by atoms with E-state index in [4.69, 9.17) is 39.5 Å². The number of aryl methyl sites for hydroxylation is 1. The van der Waals surface area contributed by atoms with Crippen molar-refractivity contribution in [1.29, 1.82) is 0 Å². The number of nitrogens with zero attached hydrogens (tertiary/aromatic N) is 3. The van der Waals surface area contributed by atoms with Crippen LogP contribution in [0.15, 0.2) is 42.6 Å². The van der Waals surface area contributed by atoms with Gasteiger partial charge in [0.15, 0.2) is 0 Å². The van der Waals surface area contributed by atoms with Crippen LogP contribution in [0.3, 0.4) is 0 Å². The average molecular weight is 533 g/mol. The van der Waals surface area contributed by atoms with Gasteiger partial charge in [0.05, 0.1) is 20.6 Å². The Kier molecular flexibility index (Phi) is 6.77. The number of benzene rings is 1. The Bertz CT molecular complexity index is 1250. The number of ether oxygens (including phenoxy) is 1. The Morgan fingerprint density at radius 1 is 1.06 bits per heavy atom. The van der Waals surface area contributed by atoms with Crippen LogP contribution in [0.25, 0.3) is 0 Å². The molecule has 2 fully saturated rings. The molecule has 0 N–H and O–H groups in total. The van der Waals surface area contributed by atoms with Crippen molar-refractivity contribution in [2.45, 2.75) is 51.7 Å². The first-order chi connectivity index (χ1) is 16.7. The van der Waals surface area contributed by atoms with E-state index in [0.29, 0.717) is 40.1 Å². The third kappa shape index (κ3) is 4.91. The van der Waals surface area contributed by atoms with E-state index in [1.807, 2.05) is 36.1 Å². The summed E-state index contributed by atoms with van der Waals surface area (Å²) < 4.78 is 8.52. The van der Waals surface area contributed by atoms with Gasteiger partial charge < -0.3 is 14.2 Å². The summed E-state index contributed by atoms with van der Waals surface area (Å²) in [7, 11) is 0. The van der Waals surface area contributed by atoms with E-state index >= 15 is 0 Å². The quantitative estimate of drug-likeness (QED) is 0.340. The number of halogens is 3. The summed E-state index contributed by atoms with van der Waals surface area (Å²) in [5, 5.41) is 1.58. The maximum Gasteiger partial charge on any atom is 0.255 e. The zero-order valence-electron chi connectivity index (χ0n) is 20.0. The second-order valence-corrected chi connectivity index (χ2v) is 10.9. The summed E-state index contributed by atoms with van der Waals surface area (Å²) >= 11 is 18.5. The molecule has 3 aromatic rings. The number of hydrogen-bond donors (Lipinski definition) is 0. The fraction of sp³-hybridized carbons (Fsp3) is 0.407. The van der Waals surface area contributed by atoms with Crippen molar-refractivity contribution in [1.82, 2.24) is 14.5 Å². The summed E-state index contributed by atoms with van der Waals surface area (Å²) in [5.41, 5.74) is 4.04. The molecule has 1 aliphatic heterocycles. The highest BCUT2D eigenvalue weighted by atomic mass is 35.5. The van der Waals surface area contributed by atoms with E-state index in [-0.39, 0.29) is 23.8 Å². The highest BCUT2D eigenvalue weighted by molar-refractivity contribution is 6.42. The second kappa shape index (κ2) is 9.68. The molecule has 1 saturated heterocycles. The Balaban J connectivity index is 1.43. The minimum Gasteiger partial charge on any atom is -0.474 e. The van der Waals surface area contributed by atoms with Crippen molar-refractivity contribution in [3.05, 3.63) is 80.2 Å². The molecule has 5 nitrogen and oxygen atoms in total. The smallest absolute Gasteiger partial charge is 0.255 e. The van der Waals surface area contributed by atoms with Crippen LogP contribution in [-0.4, -0.2) is 39.6 Å². The van der Waals surface area contributed by atoms with Crippen LogP contribution in [0.1, 0.15) is 59.0 Å². The van der Waals surface area contributed by atoms with Crippen molar-refractivity contribution in [3.8, 4) is 5.88 Å². The fourth-order valence-electron chi connectivity index (χ4n) is 5.33. The van der Waals surface area contributed by atoms with Gasteiger partial charge in [0.25, 0.3) is 5.91 Å². The van der Waals surface area contributed by atoms with Crippen molar-refractivity contribution in [2.75, 3.05) is 13.1 Å². The lowest BCUT2D eigenvalue weighted by Crippen LogP contribution is -2.32. The lowest BCUT2D eigenvalue weighted by Gasteiger charge is -2.25. The summed E-state index contributed by atoms with van der Waals surface area (Å²) in [6.45, 7) is 7.32. The number of rotatable bonds is 6. The monoisotopic (exact) mass is 531 g/mol. The molecule has 2 aromatic heterocycles. The molecule has 0 bridgehead atoms. The Morgan fingerprint density at radius 3 is 2.49 bits per heavy atom. The third-order valence-corrected chi connectivity index (χ3v) is 8.22. The summed E-state index contributed by atoms with van der Waals surface area (Å²) in [5.74, 6) is 0.658. The number of carbonyl (C=O) groups excluding carboxylic acids is 1. The number of aromatic nitrogens is 2. The van der Waals surface area contributed by atoms with Crippen molar-refractivity contribution < 1.29 is 9.53 Å². The number of likely N-dealkylation sites (tertiary alicyclic amines) is 1. The van der Waals surface area contributed by atoms with E-state index in [9.17, 15) is 4.79 Å². The van der Waals surface area contributed by atoms with Crippen molar-refractivity contribution >= 4 is 40.7 Å². The molecule has 1 aliphatic carbocycles. The van der Waals surface area contributed by atoms with Crippen molar-refractivity contribution in [2.24, 2.45) is 5.92 Å². The molecule has 8 heteroatoms. The van der Waals surface area contributed by atoms with Crippen molar-refractivity contribution in [3.63, 3.8) is 0 Å². The van der Waals surface area contributed by atoms with Gasteiger partial charge in [-0.1, -0.05) is 40.9 Å². The Morgan fingerprint density at radius 2 is 1.83 bits per heavy atom. The lowest BCUT2D eigenvalue weighted by atomic mass is 9.86. The molecule has 1 saturated carbocycles. The standard InChI is InChI=1S/C27H28Cl3N3O2/c1-15-10-21(16(2)33(15)20-6-7-20)27(34)32-13-22(17(3)35-26-9-5-19(28)12-31-26)23(14-32)18-4-8-24(29)25(30)11-18/h4-5,8-12,17,20,22-23H,6-7,13-14H2,1-3H3. The number of pyridine rings is 1. The molecule has 1 amide bonds. The van der Waals surface area contributed by atoms with Gasteiger partial charge in [0.2, 0.25) is 5.88 Å². The molecule has 35 heavy (non-hydrogen) atoms. The maximum atomic E-state index is 13.7. The molecule has 3 heterocycles. The number of carbonyl (C=O) groups is 1. The Labute approximate surface area is 220 Å². The number of amides is 1. The van der Waals surface area contributed by atoms with Crippen LogP contribution in [0, 0.1) is 19.8 Å². The average Bonchev–Trinajstić information content (AvgIpc) is 3.47. The molecular weight excluding hydrogens is 505 g/mol. The summed E-state index contributed by atoms with van der Waals surface area (Å²) in [6, 6.07) is 11.8. The van der Waals surface area contributed by atoms with Gasteiger partial charge in [-0.05, 0) is 63.4 Å². The molecule has 0 spiro atoms. The minimum absolute atomic E-state index is 0.0422. The molecular formula is C27H28Cl3N3O2. The second-order valence-electron chi connectivity index (χ2n) is 9.68. The molecule has 2 aliphatic rings. The zero-order chi connectivity index (χ0) is 24.9. The first-order valence-electron chi connectivity index (χ1n) is 11.9. The first-order valence-corrected chi connectivity index (χ1v) is 13.1. The number of hydrogen-bond acceptors (Lipinski definition) is 3. The van der Waals surface area contributed by atoms with Crippen LogP contribution in [-0.2, 0) is 0 Å². The fourth-order valence-corrected chi connectivity index (χ4v) is 5.75. The first kappa shape index (κ1) is 24.5. The molecule has 5 rings (SSSR count). The molecule has 1 aromatic carbocycles. The van der Waals surface area contributed by atoms with E-state index in [2.05, 4.69) is 23.4 Å². The normalized spacial score (nSPS) is 20.8. The minimum atomic E-state index is -0.195. The highest BCUT2D eigenvalue weighted by Gasteiger charge is 2.41. The van der Waals surface area contributed by atoms with E-state index in [1.165, 1.54) is 12.8 Å². The summed E-state index contributed by atoms with van der Waals surface area (Å²) in [6.07, 6.45) is 3.74. The SMILES string of the molecule is Cc1cc(C(=O)N2CC(c3ccc(Cl)c(Cl)c3)C(C(C)Oc3ccc(Cl)cn3)C2)c(C)n1C1CC1. The maximum absolute atomic E-state index is 13.7. The van der Waals surface area contributed by atoms with Gasteiger partial charge in [0.1, 0.15) is 6.10 Å². The molecule has 3 atom stereocenters. The molecule has 3 unspecified atom stereocenters. The van der Waals surface area contributed by atoms with E-state index < -0.39 is 0 Å². The lowest BCUT2D eigenvalue weighted by molar-refractivity contribution is 0.0769. The van der Waals surface area contributed by atoms with Crippen LogP contribution >= 0.6 is 34.8 Å². The topological polar surface area (TPSA) is 47.4 Å². The van der Waals surface area contributed by atoms with Gasteiger partial charge in [0, 0.05) is 54.6 Å². The zero-order valence-corrected chi connectivity index (χ0v) is 22.2. The predicted octanol–water partition coefficient (Wildman–Crippen LogP) is 7.12. The highest BCUT2D eigenvalue weighted by Crippen LogP contribution is 2.41. The van der Waals surface area contributed by atoms with Crippen LogP contribution < -0.4 is 4.74 Å². The van der Waals surface area contributed by atoms with E-state index in [0.717, 1.165) is 22.5 Å². The van der Waals surface area contributed by atoms with Gasteiger partial charge in [-0.3, -0.25) is 4.79 Å². The van der Waals surface area contributed by atoms with Crippen LogP contribution in [0.2, 0.25) is 15.1 Å². The largest absolute Gasteiger partial charge is 0.474 e. The Hall–Kier alpha value is -2.21. The molecule has 0 radical (unpaired) electrons.